The fourth-order valence-electron chi connectivity index (χ4n) is 8.11. The van der Waals surface area contributed by atoms with Gasteiger partial charge in [0.05, 0.1) is 22.3 Å². The summed E-state index contributed by atoms with van der Waals surface area (Å²) in [6.07, 6.45) is 1.81. The third-order valence-electron chi connectivity index (χ3n) is 11.6. The maximum absolute atomic E-state index is 12.4. The lowest BCUT2D eigenvalue weighted by Crippen LogP contribution is -2.17. The Morgan fingerprint density at radius 3 is 1.92 bits per heavy atom. The molecule has 0 saturated heterocycles. The van der Waals surface area contributed by atoms with Gasteiger partial charge in [0.15, 0.2) is 0 Å². The fourth-order valence-corrected chi connectivity index (χ4v) is 8.11. The highest BCUT2D eigenvalue weighted by Gasteiger charge is 2.29. The van der Waals surface area contributed by atoms with Gasteiger partial charge in [-0.3, -0.25) is 9.55 Å². The number of benzene rings is 6. The second kappa shape index (κ2) is 15.1. The van der Waals surface area contributed by atoms with Crippen molar-refractivity contribution in [1.82, 2.24) is 14.5 Å². The molecule has 0 aliphatic heterocycles. The summed E-state index contributed by atoms with van der Waals surface area (Å²) in [5.41, 5.74) is 15.2. The number of pyridine rings is 1. The number of phenols is 1. The molecule has 0 atom stereocenters. The van der Waals surface area contributed by atoms with Crippen LogP contribution in [0.25, 0.3) is 72.7 Å². The molecule has 8 aromatic rings. The summed E-state index contributed by atoms with van der Waals surface area (Å²) in [5, 5.41) is 12.4. The van der Waals surface area contributed by atoms with Crippen LogP contribution in [-0.4, -0.2) is 19.6 Å². The number of para-hydroxylation sites is 1. The van der Waals surface area contributed by atoms with Crippen LogP contribution < -0.4 is 0 Å². The zero-order chi connectivity index (χ0) is 45.2. The first-order valence-electron chi connectivity index (χ1n) is 22.4. The van der Waals surface area contributed by atoms with Crippen molar-refractivity contribution in [1.29, 1.82) is 0 Å². The van der Waals surface area contributed by atoms with Gasteiger partial charge >= 0.3 is 0 Å². The zero-order valence-corrected chi connectivity index (χ0v) is 36.6. The van der Waals surface area contributed by atoms with Crippen molar-refractivity contribution < 1.29 is 9.22 Å². The average Bonchev–Trinajstić information content (AvgIpc) is 3.62. The van der Waals surface area contributed by atoms with Gasteiger partial charge in [-0.15, -0.1) is 0 Å². The van der Waals surface area contributed by atoms with Crippen molar-refractivity contribution in [3.8, 4) is 67.5 Å². The lowest BCUT2D eigenvalue weighted by molar-refractivity contribution is 0.446. The molecule has 6 aromatic carbocycles. The van der Waals surface area contributed by atoms with E-state index in [1.807, 2.05) is 30.5 Å². The van der Waals surface area contributed by atoms with Gasteiger partial charge in [0.1, 0.15) is 11.6 Å². The van der Waals surface area contributed by atoms with Crippen molar-refractivity contribution in [2.75, 3.05) is 0 Å². The minimum Gasteiger partial charge on any atom is -0.507 e. The molecule has 60 heavy (non-hydrogen) atoms. The molecule has 0 unspecified atom stereocenters. The first kappa shape index (κ1) is 36.8. The summed E-state index contributed by atoms with van der Waals surface area (Å²) in [6.45, 7) is 19.7. The summed E-state index contributed by atoms with van der Waals surface area (Å²) >= 11 is 0. The van der Waals surface area contributed by atoms with Crippen molar-refractivity contribution in [3.05, 3.63) is 167 Å². The molecule has 302 valence electrons. The standard InChI is InChI=1S/C56H57N3O/c1-35-20-22-37(23-21-35)39-26-27-57-49(32-39)41-29-40(30-42(31-41)54(3,4)5)46-18-15-19-50-51(46)58-53(47-33-43(55(6,7)8)34-48(52(47)60)56(9,10)11)59(50)44-24-25-45(36(2)28-44)38-16-13-12-14-17-38/h12-34,60H,1-11H3/i1D3. The molecular weight excluding hydrogens is 731 g/mol. The molecule has 4 nitrogen and oxygen atoms in total. The van der Waals surface area contributed by atoms with Crippen LogP contribution in [-0.2, 0) is 16.2 Å². The Kier molecular flexibility index (Phi) is 9.25. The molecule has 0 spiro atoms. The summed E-state index contributed by atoms with van der Waals surface area (Å²) in [6, 6.07) is 45.5. The number of nitrogens with zero attached hydrogens (tertiary/aromatic N) is 3. The van der Waals surface area contributed by atoms with Crippen LogP contribution in [0.5, 0.6) is 5.75 Å². The summed E-state index contributed by atoms with van der Waals surface area (Å²) in [4.78, 5) is 10.4. The third kappa shape index (κ3) is 7.79. The predicted molar refractivity (Wildman–Crippen MR) is 253 cm³/mol. The topological polar surface area (TPSA) is 50.9 Å². The van der Waals surface area contributed by atoms with Crippen LogP contribution in [0.2, 0.25) is 0 Å². The van der Waals surface area contributed by atoms with Crippen molar-refractivity contribution in [3.63, 3.8) is 0 Å². The van der Waals surface area contributed by atoms with E-state index >= 15 is 0 Å². The molecule has 0 aliphatic carbocycles. The van der Waals surface area contributed by atoms with E-state index in [1.54, 1.807) is 12.1 Å². The van der Waals surface area contributed by atoms with Crippen LogP contribution in [0, 0.1) is 13.8 Å². The van der Waals surface area contributed by atoms with E-state index in [2.05, 4.69) is 171 Å². The average molecular weight is 791 g/mol. The highest BCUT2D eigenvalue weighted by molar-refractivity contribution is 5.97. The van der Waals surface area contributed by atoms with E-state index in [9.17, 15) is 5.11 Å². The summed E-state index contributed by atoms with van der Waals surface area (Å²) in [5.74, 6) is 0.909. The van der Waals surface area contributed by atoms with Crippen LogP contribution in [0.1, 0.15) is 94.2 Å². The molecule has 2 heterocycles. The van der Waals surface area contributed by atoms with Crippen LogP contribution in [0.3, 0.4) is 0 Å². The SMILES string of the molecule is [2H]C([2H])([2H])c1ccc(-c2ccnc(-c3cc(-c4cccc5c4nc(-c4cc(C(C)(C)C)cc(C(C)(C)C)c4O)n5-c4ccc(-c5ccccc5)c(C)c4)cc(C(C)(C)C)c3)c2)cc1. The quantitative estimate of drug-likeness (QED) is 0.182. The number of hydrogen-bond acceptors (Lipinski definition) is 3. The molecule has 0 saturated carbocycles. The molecular formula is C56H57N3O. The van der Waals surface area contributed by atoms with Crippen molar-refractivity contribution in [2.45, 2.75) is 92.3 Å². The number of phenolic OH excluding ortho intramolecular Hbond substituents is 1. The Bertz CT molecular complexity index is 2990. The van der Waals surface area contributed by atoms with Crippen LogP contribution >= 0.6 is 0 Å². The molecule has 0 fully saturated rings. The van der Waals surface area contributed by atoms with E-state index in [1.165, 1.54) is 0 Å². The number of rotatable bonds is 6. The van der Waals surface area contributed by atoms with Gasteiger partial charge in [-0.2, -0.15) is 0 Å². The Hall–Kier alpha value is -6.26. The van der Waals surface area contributed by atoms with E-state index in [-0.39, 0.29) is 22.0 Å². The van der Waals surface area contributed by atoms with E-state index < -0.39 is 6.85 Å². The maximum Gasteiger partial charge on any atom is 0.149 e. The molecule has 0 radical (unpaired) electrons. The molecule has 0 amide bonds. The van der Waals surface area contributed by atoms with Crippen LogP contribution in [0.4, 0.5) is 0 Å². The minimum absolute atomic E-state index is 0.186. The van der Waals surface area contributed by atoms with Crippen molar-refractivity contribution in [2.24, 2.45) is 0 Å². The van der Waals surface area contributed by atoms with Crippen LogP contribution in [0.15, 0.2) is 140 Å². The van der Waals surface area contributed by atoms with Gasteiger partial charge in [-0.1, -0.05) is 153 Å². The second-order valence-electron chi connectivity index (χ2n) is 19.3. The summed E-state index contributed by atoms with van der Waals surface area (Å²) in [7, 11) is 0. The lowest BCUT2D eigenvalue weighted by Gasteiger charge is -2.27. The maximum atomic E-state index is 12.4. The normalized spacial score (nSPS) is 13.3. The third-order valence-corrected chi connectivity index (χ3v) is 11.6. The zero-order valence-electron chi connectivity index (χ0n) is 39.6. The van der Waals surface area contributed by atoms with Crippen molar-refractivity contribution >= 4 is 11.0 Å². The Labute approximate surface area is 360 Å². The minimum atomic E-state index is -2.16. The van der Waals surface area contributed by atoms with Gasteiger partial charge in [0, 0.05) is 32.7 Å². The number of aromatic nitrogens is 3. The Morgan fingerprint density at radius 2 is 1.25 bits per heavy atom. The predicted octanol–water partition coefficient (Wildman–Crippen LogP) is 15.0. The van der Waals surface area contributed by atoms with Gasteiger partial charge in [0.2, 0.25) is 0 Å². The molecule has 8 rings (SSSR count). The fraction of sp³-hybridized carbons (Fsp3) is 0.250. The molecule has 0 aliphatic rings. The highest BCUT2D eigenvalue weighted by Crippen LogP contribution is 2.45. The number of imidazole rings is 1. The number of fused-ring (bicyclic) bond motifs is 1. The Balaban J connectivity index is 1.37. The molecule has 1 N–H and O–H groups in total. The van der Waals surface area contributed by atoms with Gasteiger partial charge < -0.3 is 5.11 Å². The highest BCUT2D eigenvalue weighted by atomic mass is 16.3. The lowest BCUT2D eigenvalue weighted by atomic mass is 9.79. The summed E-state index contributed by atoms with van der Waals surface area (Å²) < 4.78 is 25.7. The first-order chi connectivity index (χ1) is 29.6. The first-order valence-corrected chi connectivity index (χ1v) is 20.9. The number of aryl methyl sites for hydroxylation is 2. The smallest absolute Gasteiger partial charge is 0.149 e. The second-order valence-corrected chi connectivity index (χ2v) is 19.3. The van der Waals surface area contributed by atoms with Gasteiger partial charge in [0.25, 0.3) is 0 Å². The van der Waals surface area contributed by atoms with E-state index in [0.29, 0.717) is 17.0 Å². The molecule has 4 heteroatoms. The van der Waals surface area contributed by atoms with E-state index in [4.69, 9.17) is 14.1 Å². The van der Waals surface area contributed by atoms with Gasteiger partial charge in [-0.25, -0.2) is 4.98 Å². The number of aromatic hydroxyl groups is 1. The number of hydrogen-bond donors (Lipinski definition) is 1. The largest absolute Gasteiger partial charge is 0.507 e. The van der Waals surface area contributed by atoms with Gasteiger partial charge in [-0.05, 0) is 123 Å². The molecule has 2 aromatic heterocycles. The molecule has 0 bridgehead atoms. The monoisotopic (exact) mass is 790 g/mol. The Morgan fingerprint density at radius 1 is 0.550 bits per heavy atom. The van der Waals surface area contributed by atoms with E-state index in [0.717, 1.165) is 83.6 Å².